The van der Waals surface area contributed by atoms with Gasteiger partial charge in [-0.1, -0.05) is 6.07 Å². The lowest BCUT2D eigenvalue weighted by atomic mass is 10.2. The first kappa shape index (κ1) is 18.6. The Labute approximate surface area is 167 Å². The molecule has 1 aliphatic heterocycles. The van der Waals surface area contributed by atoms with E-state index in [-0.39, 0.29) is 11.8 Å². The van der Waals surface area contributed by atoms with E-state index in [1.807, 2.05) is 17.0 Å². The van der Waals surface area contributed by atoms with E-state index < -0.39 is 0 Å². The van der Waals surface area contributed by atoms with Crippen molar-refractivity contribution in [2.75, 3.05) is 31.1 Å². The molecule has 0 unspecified atom stereocenters. The Balaban J connectivity index is 1.35. The largest absolute Gasteiger partial charge is 0.459 e. The number of anilines is 1. The molecule has 0 aromatic carbocycles. The molecule has 29 heavy (non-hydrogen) atoms. The van der Waals surface area contributed by atoms with Crippen LogP contribution < -0.4 is 10.2 Å². The van der Waals surface area contributed by atoms with Crippen LogP contribution in [0.25, 0.3) is 0 Å². The summed E-state index contributed by atoms with van der Waals surface area (Å²) < 4.78 is 5.18. The monoisotopic (exact) mass is 392 g/mol. The van der Waals surface area contributed by atoms with Gasteiger partial charge in [-0.3, -0.25) is 14.6 Å². The van der Waals surface area contributed by atoms with Gasteiger partial charge in [-0.25, -0.2) is 9.97 Å². The number of aromatic nitrogens is 3. The Morgan fingerprint density at radius 2 is 1.97 bits per heavy atom. The van der Waals surface area contributed by atoms with Gasteiger partial charge in [0.25, 0.3) is 11.8 Å². The standard InChI is InChI=1S/C20H20N6O3/c27-19(22-13-15-3-1-5-21-12-15)16-11-18(24-14-23-16)25-6-8-26(9-7-25)20(28)17-4-2-10-29-17/h1-5,10-12,14H,6-9,13H2,(H,22,27). The number of hydrogen-bond acceptors (Lipinski definition) is 7. The molecule has 0 radical (unpaired) electrons. The van der Waals surface area contributed by atoms with Crippen LogP contribution in [0.4, 0.5) is 5.82 Å². The van der Waals surface area contributed by atoms with Crippen LogP contribution >= 0.6 is 0 Å². The fourth-order valence-electron chi connectivity index (χ4n) is 3.11. The summed E-state index contributed by atoms with van der Waals surface area (Å²) in [4.78, 5) is 41.0. The molecule has 0 spiro atoms. The number of nitrogens with one attached hydrogen (secondary N) is 1. The van der Waals surface area contributed by atoms with Crippen LogP contribution in [0.2, 0.25) is 0 Å². The molecule has 3 aromatic heterocycles. The van der Waals surface area contributed by atoms with Gasteiger partial charge in [-0.2, -0.15) is 0 Å². The van der Waals surface area contributed by atoms with Gasteiger partial charge >= 0.3 is 0 Å². The number of nitrogens with zero attached hydrogens (tertiary/aromatic N) is 5. The van der Waals surface area contributed by atoms with Crippen LogP contribution in [-0.4, -0.2) is 57.8 Å². The highest BCUT2D eigenvalue weighted by atomic mass is 16.3. The lowest BCUT2D eigenvalue weighted by molar-refractivity contribution is 0.0714. The smallest absolute Gasteiger partial charge is 0.289 e. The van der Waals surface area contributed by atoms with Crippen molar-refractivity contribution in [2.24, 2.45) is 0 Å². The first-order valence-electron chi connectivity index (χ1n) is 9.27. The fraction of sp³-hybridized carbons (Fsp3) is 0.250. The van der Waals surface area contributed by atoms with Crippen molar-refractivity contribution in [3.05, 3.63) is 72.3 Å². The van der Waals surface area contributed by atoms with Gasteiger partial charge in [-0.05, 0) is 23.8 Å². The number of furan rings is 1. The zero-order chi connectivity index (χ0) is 20.1. The Bertz CT molecular complexity index is 969. The first-order chi connectivity index (χ1) is 14.2. The second-order valence-electron chi connectivity index (χ2n) is 6.56. The number of pyridine rings is 1. The Kier molecular flexibility index (Phi) is 5.46. The molecular formula is C20H20N6O3. The second-order valence-corrected chi connectivity index (χ2v) is 6.56. The van der Waals surface area contributed by atoms with E-state index in [0.29, 0.717) is 50.0 Å². The SMILES string of the molecule is O=C(NCc1cccnc1)c1cc(N2CCN(C(=O)c3ccco3)CC2)ncn1. The van der Waals surface area contributed by atoms with Gasteiger partial charge in [0, 0.05) is 51.2 Å². The average molecular weight is 392 g/mol. The van der Waals surface area contributed by atoms with E-state index in [2.05, 4.69) is 20.3 Å². The van der Waals surface area contributed by atoms with E-state index in [9.17, 15) is 9.59 Å². The number of hydrogen-bond donors (Lipinski definition) is 1. The van der Waals surface area contributed by atoms with Gasteiger partial charge in [0.2, 0.25) is 0 Å². The van der Waals surface area contributed by atoms with Crippen LogP contribution in [-0.2, 0) is 6.54 Å². The van der Waals surface area contributed by atoms with Crippen molar-refractivity contribution in [1.29, 1.82) is 0 Å². The highest BCUT2D eigenvalue weighted by Gasteiger charge is 2.24. The summed E-state index contributed by atoms with van der Waals surface area (Å²) in [6.45, 7) is 2.69. The summed E-state index contributed by atoms with van der Waals surface area (Å²) in [5, 5.41) is 2.83. The molecular weight excluding hydrogens is 372 g/mol. The summed E-state index contributed by atoms with van der Waals surface area (Å²) in [5.41, 5.74) is 1.21. The maximum atomic E-state index is 12.4. The van der Waals surface area contributed by atoms with Crippen molar-refractivity contribution >= 4 is 17.6 Å². The van der Waals surface area contributed by atoms with Crippen molar-refractivity contribution in [3.63, 3.8) is 0 Å². The number of rotatable bonds is 5. The van der Waals surface area contributed by atoms with E-state index in [4.69, 9.17) is 4.42 Å². The van der Waals surface area contributed by atoms with Gasteiger partial charge in [-0.15, -0.1) is 0 Å². The van der Waals surface area contributed by atoms with E-state index in [1.165, 1.54) is 12.6 Å². The third-order valence-corrected chi connectivity index (χ3v) is 4.68. The van der Waals surface area contributed by atoms with Crippen LogP contribution in [0.1, 0.15) is 26.6 Å². The van der Waals surface area contributed by atoms with E-state index in [0.717, 1.165) is 5.56 Å². The lowest BCUT2D eigenvalue weighted by Crippen LogP contribution is -2.49. The molecule has 0 bridgehead atoms. The normalized spacial score (nSPS) is 13.9. The van der Waals surface area contributed by atoms with Gasteiger partial charge in [0.15, 0.2) is 5.76 Å². The zero-order valence-electron chi connectivity index (χ0n) is 15.7. The minimum atomic E-state index is -0.274. The minimum absolute atomic E-state index is 0.118. The molecule has 0 saturated carbocycles. The molecule has 4 rings (SSSR count). The average Bonchev–Trinajstić information content (AvgIpc) is 3.33. The molecule has 2 amide bonds. The van der Waals surface area contributed by atoms with Crippen molar-refractivity contribution in [3.8, 4) is 0 Å². The predicted molar refractivity (Wildman–Crippen MR) is 104 cm³/mol. The summed E-state index contributed by atoms with van der Waals surface area (Å²) in [7, 11) is 0. The molecule has 148 valence electrons. The molecule has 4 heterocycles. The molecule has 9 heteroatoms. The van der Waals surface area contributed by atoms with Crippen LogP contribution in [0.5, 0.6) is 0 Å². The summed E-state index contributed by atoms with van der Waals surface area (Å²) >= 11 is 0. The molecule has 1 N–H and O–H groups in total. The molecule has 1 saturated heterocycles. The van der Waals surface area contributed by atoms with E-state index >= 15 is 0 Å². The highest BCUT2D eigenvalue weighted by molar-refractivity contribution is 5.93. The predicted octanol–water partition coefficient (Wildman–Crippen LogP) is 1.36. The van der Waals surface area contributed by atoms with Crippen LogP contribution in [0.3, 0.4) is 0 Å². The van der Waals surface area contributed by atoms with Gasteiger partial charge < -0.3 is 19.5 Å². The number of piperazine rings is 1. The van der Waals surface area contributed by atoms with Crippen LogP contribution in [0.15, 0.2) is 59.7 Å². The Hall–Kier alpha value is -3.75. The fourth-order valence-corrected chi connectivity index (χ4v) is 3.11. The quantitative estimate of drug-likeness (QED) is 0.699. The Morgan fingerprint density at radius 3 is 2.69 bits per heavy atom. The Morgan fingerprint density at radius 1 is 1.10 bits per heavy atom. The second kappa shape index (κ2) is 8.51. The summed E-state index contributed by atoms with van der Waals surface area (Å²) in [5.74, 6) is 0.613. The number of carbonyl (C=O) groups excluding carboxylic acids is 2. The van der Waals surface area contributed by atoms with Gasteiger partial charge in [0.05, 0.1) is 6.26 Å². The highest BCUT2D eigenvalue weighted by Crippen LogP contribution is 2.16. The number of amides is 2. The molecule has 0 atom stereocenters. The van der Waals surface area contributed by atoms with Crippen LogP contribution in [0, 0.1) is 0 Å². The number of carbonyl (C=O) groups is 2. The zero-order valence-corrected chi connectivity index (χ0v) is 15.7. The molecule has 0 aliphatic carbocycles. The molecule has 3 aromatic rings. The third-order valence-electron chi connectivity index (χ3n) is 4.68. The van der Waals surface area contributed by atoms with Crippen molar-refractivity contribution < 1.29 is 14.0 Å². The van der Waals surface area contributed by atoms with Crippen molar-refractivity contribution in [1.82, 2.24) is 25.2 Å². The third kappa shape index (κ3) is 4.40. The lowest BCUT2D eigenvalue weighted by Gasteiger charge is -2.35. The summed E-state index contributed by atoms with van der Waals surface area (Å²) in [6.07, 6.45) is 6.26. The molecule has 1 aliphatic rings. The van der Waals surface area contributed by atoms with E-state index in [1.54, 1.807) is 35.5 Å². The minimum Gasteiger partial charge on any atom is -0.459 e. The topological polar surface area (TPSA) is 104 Å². The maximum Gasteiger partial charge on any atom is 0.289 e. The summed E-state index contributed by atoms with van der Waals surface area (Å²) in [6, 6.07) is 8.74. The first-order valence-corrected chi connectivity index (χ1v) is 9.27. The van der Waals surface area contributed by atoms with Gasteiger partial charge in [0.1, 0.15) is 17.8 Å². The molecule has 1 fully saturated rings. The molecule has 9 nitrogen and oxygen atoms in total. The maximum absolute atomic E-state index is 12.4. The van der Waals surface area contributed by atoms with Crippen molar-refractivity contribution in [2.45, 2.75) is 6.54 Å².